The Morgan fingerprint density at radius 2 is 2.00 bits per heavy atom. The second-order valence-electron chi connectivity index (χ2n) is 8.09. The van der Waals surface area contributed by atoms with Crippen LogP contribution in [0.15, 0.2) is 18.2 Å². The number of hydrogen-bond acceptors (Lipinski definition) is 6. The number of fused-ring (bicyclic) bond motifs is 3. The third-order valence-electron chi connectivity index (χ3n) is 6.19. The number of urea groups is 1. The molecule has 1 aromatic rings. The van der Waals surface area contributed by atoms with Crippen molar-refractivity contribution in [2.45, 2.75) is 45.7 Å². The molecule has 0 radical (unpaired) electrons. The lowest BCUT2D eigenvalue weighted by Crippen LogP contribution is -2.66. The molecule has 3 unspecified atom stereocenters. The van der Waals surface area contributed by atoms with Gasteiger partial charge in [0.2, 0.25) is 0 Å². The minimum absolute atomic E-state index is 0.105. The van der Waals surface area contributed by atoms with Gasteiger partial charge in [0.05, 0.1) is 13.2 Å². The molecule has 0 spiro atoms. The van der Waals surface area contributed by atoms with Crippen molar-refractivity contribution in [2.24, 2.45) is 0 Å². The van der Waals surface area contributed by atoms with Crippen LogP contribution >= 0.6 is 0 Å². The van der Waals surface area contributed by atoms with Crippen molar-refractivity contribution in [3.8, 4) is 0 Å². The molecule has 1 N–H and O–H groups in total. The van der Waals surface area contributed by atoms with Gasteiger partial charge in [-0.25, -0.2) is 4.79 Å². The van der Waals surface area contributed by atoms with Crippen LogP contribution in [0.5, 0.6) is 0 Å². The first kappa shape index (κ1) is 20.1. The molecule has 1 aromatic carbocycles. The number of nitrogens with one attached hydrogen (secondary N) is 1. The van der Waals surface area contributed by atoms with Crippen LogP contribution in [0.1, 0.15) is 24.5 Å². The number of imide groups is 1. The van der Waals surface area contributed by atoms with Crippen LogP contribution in [0, 0.1) is 13.8 Å². The second-order valence-corrected chi connectivity index (χ2v) is 8.09. The van der Waals surface area contributed by atoms with Gasteiger partial charge >= 0.3 is 6.03 Å². The predicted molar refractivity (Wildman–Crippen MR) is 110 cm³/mol. The molecular weight excluding hydrogens is 370 g/mol. The highest BCUT2D eigenvalue weighted by atomic mass is 16.5. The summed E-state index contributed by atoms with van der Waals surface area (Å²) in [4.78, 5) is 33.7. The summed E-state index contributed by atoms with van der Waals surface area (Å²) >= 11 is 0. The number of benzene rings is 1. The summed E-state index contributed by atoms with van der Waals surface area (Å²) in [7, 11) is 1.77. The highest BCUT2D eigenvalue weighted by Gasteiger charge is 2.56. The molecule has 8 nitrogen and oxygen atoms in total. The fourth-order valence-electron chi connectivity index (χ4n) is 4.80. The first-order valence-corrected chi connectivity index (χ1v) is 10.5. The van der Waals surface area contributed by atoms with Crippen molar-refractivity contribution in [3.63, 3.8) is 0 Å². The van der Waals surface area contributed by atoms with Crippen LogP contribution in [-0.2, 0) is 9.53 Å². The molecule has 3 heterocycles. The van der Waals surface area contributed by atoms with Crippen molar-refractivity contribution < 1.29 is 14.3 Å². The summed E-state index contributed by atoms with van der Waals surface area (Å²) in [6.45, 7) is 9.09. The van der Waals surface area contributed by atoms with Crippen molar-refractivity contribution >= 4 is 17.6 Å². The number of ether oxygens (including phenoxy) is 1. The molecule has 3 atom stereocenters. The standard InChI is InChI=1S/C21H31N5O3/c1-5-29-12-11-26-19(27)17-18(23(4)21(26)28)22-20-24(9-6-10-25(17)20)16-8-7-14(2)13-15(16)3/h7-8,13,17-18,20,22H,5-6,9-12H2,1-4H3. The SMILES string of the molecule is CCOCCN1C(=O)C2C(NC3N(c4ccc(C)cc4C)CCCN23)N(C)C1=O. The molecule has 3 fully saturated rings. The minimum atomic E-state index is -0.377. The molecule has 0 bridgehead atoms. The van der Waals surface area contributed by atoms with Gasteiger partial charge in [-0.3, -0.25) is 19.9 Å². The number of nitrogens with zero attached hydrogens (tertiary/aromatic N) is 4. The number of carbonyl (C=O) groups excluding carboxylic acids is 2. The molecule has 29 heavy (non-hydrogen) atoms. The summed E-state index contributed by atoms with van der Waals surface area (Å²) in [5.41, 5.74) is 3.63. The van der Waals surface area contributed by atoms with E-state index in [0.29, 0.717) is 19.8 Å². The van der Waals surface area contributed by atoms with Gasteiger partial charge in [0, 0.05) is 32.4 Å². The fourth-order valence-corrected chi connectivity index (χ4v) is 4.80. The lowest BCUT2D eigenvalue weighted by Gasteiger charge is -2.44. The lowest BCUT2D eigenvalue weighted by molar-refractivity contribution is -0.139. The van der Waals surface area contributed by atoms with E-state index >= 15 is 0 Å². The Morgan fingerprint density at radius 1 is 1.21 bits per heavy atom. The van der Waals surface area contributed by atoms with E-state index in [-0.39, 0.29) is 30.4 Å². The van der Waals surface area contributed by atoms with Crippen LogP contribution in [0.25, 0.3) is 0 Å². The molecule has 0 aliphatic carbocycles. The molecule has 3 saturated heterocycles. The zero-order valence-corrected chi connectivity index (χ0v) is 17.7. The number of rotatable bonds is 5. The molecule has 4 rings (SSSR count). The lowest BCUT2D eigenvalue weighted by atomic mass is 10.1. The number of amides is 3. The Morgan fingerprint density at radius 3 is 2.72 bits per heavy atom. The normalized spacial score (nSPS) is 27.4. The predicted octanol–water partition coefficient (Wildman–Crippen LogP) is 1.33. The maximum atomic E-state index is 13.3. The zero-order chi connectivity index (χ0) is 20.7. The van der Waals surface area contributed by atoms with Crippen LogP contribution in [-0.4, -0.2) is 85.0 Å². The highest BCUT2D eigenvalue weighted by molar-refractivity contribution is 6.00. The Bertz CT molecular complexity index is 801. The topological polar surface area (TPSA) is 68.4 Å². The van der Waals surface area contributed by atoms with Crippen LogP contribution < -0.4 is 10.2 Å². The first-order chi connectivity index (χ1) is 13.9. The molecule has 3 aliphatic rings. The van der Waals surface area contributed by atoms with E-state index in [1.165, 1.54) is 21.7 Å². The van der Waals surface area contributed by atoms with Gasteiger partial charge in [-0.1, -0.05) is 17.7 Å². The average molecular weight is 402 g/mol. The molecular formula is C21H31N5O3. The average Bonchev–Trinajstić information content (AvgIpc) is 3.09. The maximum absolute atomic E-state index is 13.3. The van der Waals surface area contributed by atoms with Gasteiger partial charge in [0.1, 0.15) is 18.5 Å². The number of carbonyl (C=O) groups is 2. The molecule has 3 aliphatic heterocycles. The van der Waals surface area contributed by atoms with Crippen LogP contribution in [0.2, 0.25) is 0 Å². The Labute approximate surface area is 172 Å². The molecule has 3 amide bonds. The van der Waals surface area contributed by atoms with E-state index < -0.39 is 0 Å². The van der Waals surface area contributed by atoms with E-state index in [1.54, 1.807) is 11.9 Å². The summed E-state index contributed by atoms with van der Waals surface area (Å²) in [6.07, 6.45) is 0.541. The second kappa shape index (κ2) is 7.93. The Hall–Kier alpha value is -2.16. The number of hydrogen-bond donors (Lipinski definition) is 1. The summed E-state index contributed by atoms with van der Waals surface area (Å²) in [6, 6.07) is 5.83. The Balaban J connectivity index is 1.61. The van der Waals surface area contributed by atoms with Gasteiger partial charge in [0.25, 0.3) is 5.91 Å². The quantitative estimate of drug-likeness (QED) is 0.751. The smallest absolute Gasteiger partial charge is 0.327 e. The van der Waals surface area contributed by atoms with Crippen LogP contribution in [0.3, 0.4) is 0 Å². The maximum Gasteiger partial charge on any atom is 0.327 e. The fraction of sp³-hybridized carbons (Fsp3) is 0.619. The molecule has 158 valence electrons. The van der Waals surface area contributed by atoms with E-state index in [0.717, 1.165) is 19.5 Å². The number of aryl methyl sites for hydroxylation is 2. The molecule has 8 heteroatoms. The van der Waals surface area contributed by atoms with Gasteiger partial charge in [0.15, 0.2) is 0 Å². The number of likely N-dealkylation sites (N-methyl/N-ethyl adjacent to an activating group) is 1. The largest absolute Gasteiger partial charge is 0.380 e. The van der Waals surface area contributed by atoms with Crippen molar-refractivity contribution in [1.82, 2.24) is 20.0 Å². The van der Waals surface area contributed by atoms with E-state index in [4.69, 9.17) is 4.74 Å². The summed E-state index contributed by atoms with van der Waals surface area (Å²) in [5.74, 6) is -0.129. The minimum Gasteiger partial charge on any atom is -0.380 e. The summed E-state index contributed by atoms with van der Waals surface area (Å²) < 4.78 is 5.38. The van der Waals surface area contributed by atoms with Crippen molar-refractivity contribution in [2.75, 3.05) is 44.8 Å². The van der Waals surface area contributed by atoms with Crippen molar-refractivity contribution in [3.05, 3.63) is 29.3 Å². The van der Waals surface area contributed by atoms with Gasteiger partial charge in [-0.05, 0) is 38.8 Å². The van der Waals surface area contributed by atoms with Gasteiger partial charge in [-0.15, -0.1) is 0 Å². The van der Waals surface area contributed by atoms with E-state index in [2.05, 4.69) is 47.2 Å². The van der Waals surface area contributed by atoms with E-state index in [1.807, 2.05) is 6.92 Å². The molecule has 0 saturated carbocycles. The van der Waals surface area contributed by atoms with Crippen molar-refractivity contribution in [1.29, 1.82) is 0 Å². The molecule has 0 aromatic heterocycles. The zero-order valence-electron chi connectivity index (χ0n) is 17.7. The van der Waals surface area contributed by atoms with Gasteiger partial charge in [-0.2, -0.15) is 0 Å². The number of anilines is 1. The first-order valence-electron chi connectivity index (χ1n) is 10.5. The third kappa shape index (κ3) is 3.39. The third-order valence-corrected chi connectivity index (χ3v) is 6.19. The van der Waals surface area contributed by atoms with Gasteiger partial charge < -0.3 is 14.5 Å². The van der Waals surface area contributed by atoms with Crippen LogP contribution in [0.4, 0.5) is 10.5 Å². The highest BCUT2D eigenvalue weighted by Crippen LogP contribution is 2.34. The summed E-state index contributed by atoms with van der Waals surface area (Å²) in [5, 5.41) is 3.56. The monoisotopic (exact) mass is 401 g/mol. The van der Waals surface area contributed by atoms with E-state index in [9.17, 15) is 9.59 Å². The Kier molecular flexibility index (Phi) is 5.50.